The first-order valence-electron chi connectivity index (χ1n) is 10.1. The van der Waals surface area contributed by atoms with Gasteiger partial charge in [0.15, 0.2) is 6.10 Å². The van der Waals surface area contributed by atoms with Crippen molar-refractivity contribution in [3.63, 3.8) is 0 Å². The Kier molecular flexibility index (Phi) is 6.31. The van der Waals surface area contributed by atoms with Crippen LogP contribution in [0.1, 0.15) is 41.0 Å². The van der Waals surface area contributed by atoms with Gasteiger partial charge in [0.1, 0.15) is 5.75 Å². The molecule has 0 aromatic heterocycles. The fourth-order valence-corrected chi connectivity index (χ4v) is 5.69. The summed E-state index contributed by atoms with van der Waals surface area (Å²) in [6.07, 6.45) is -0.224. The molecule has 1 unspecified atom stereocenters. The topological polar surface area (TPSA) is 75.7 Å². The van der Waals surface area contributed by atoms with Crippen molar-refractivity contribution in [3.8, 4) is 5.75 Å². The molecule has 168 valence electrons. The number of anilines is 1. The second-order valence-corrected chi connectivity index (χ2v) is 12.0. The van der Waals surface area contributed by atoms with Crippen LogP contribution in [-0.4, -0.2) is 32.5 Å². The molecule has 1 aliphatic rings. The van der Waals surface area contributed by atoms with Crippen LogP contribution in [0.25, 0.3) is 0 Å². The lowest BCUT2D eigenvalue weighted by Gasteiger charge is -2.38. The zero-order valence-corrected chi connectivity index (χ0v) is 20.0. The summed E-state index contributed by atoms with van der Waals surface area (Å²) in [4.78, 5) is 13.2. The van der Waals surface area contributed by atoms with E-state index in [0.29, 0.717) is 16.5 Å². The zero-order valence-electron chi connectivity index (χ0n) is 18.5. The molecule has 0 spiro atoms. The second kappa shape index (κ2) is 8.36. The summed E-state index contributed by atoms with van der Waals surface area (Å²) in [5.74, 6) is 0.000116. The van der Waals surface area contributed by atoms with Crippen LogP contribution in [0.4, 0.5) is 5.69 Å². The first kappa shape index (κ1) is 23.4. The number of halogens is 1. The number of sulfonamides is 1. The third-order valence-electron chi connectivity index (χ3n) is 4.86. The fraction of sp³-hybridized carbons (Fsp3) is 0.435. The molecule has 2 aromatic rings. The SMILES string of the molecule is CC(C)(C)CC(C)(C)NC(=O)C1CN(S(=O)(=O)c2ccc(Cl)cc2)c2ccccc2O1. The molecule has 3 rings (SSSR count). The van der Waals surface area contributed by atoms with Crippen molar-refractivity contribution in [2.24, 2.45) is 5.41 Å². The zero-order chi connectivity index (χ0) is 23.0. The Morgan fingerprint density at radius 3 is 2.32 bits per heavy atom. The van der Waals surface area contributed by atoms with Gasteiger partial charge in [-0.2, -0.15) is 0 Å². The van der Waals surface area contributed by atoms with E-state index >= 15 is 0 Å². The average molecular weight is 465 g/mol. The van der Waals surface area contributed by atoms with Crippen LogP contribution >= 0.6 is 11.6 Å². The van der Waals surface area contributed by atoms with Gasteiger partial charge in [-0.1, -0.05) is 44.5 Å². The predicted molar refractivity (Wildman–Crippen MR) is 123 cm³/mol. The van der Waals surface area contributed by atoms with E-state index in [0.717, 1.165) is 6.42 Å². The van der Waals surface area contributed by atoms with Gasteiger partial charge in [0.2, 0.25) is 0 Å². The number of fused-ring (bicyclic) bond motifs is 1. The van der Waals surface area contributed by atoms with Crippen molar-refractivity contribution < 1.29 is 17.9 Å². The number of ether oxygens (including phenoxy) is 1. The van der Waals surface area contributed by atoms with Crippen LogP contribution in [0.2, 0.25) is 5.02 Å². The van der Waals surface area contributed by atoms with E-state index in [4.69, 9.17) is 16.3 Å². The van der Waals surface area contributed by atoms with Crippen molar-refractivity contribution in [1.82, 2.24) is 5.32 Å². The van der Waals surface area contributed by atoms with E-state index in [1.54, 1.807) is 24.3 Å². The highest BCUT2D eigenvalue weighted by molar-refractivity contribution is 7.92. The standard InChI is InChI=1S/C23H29ClN2O4S/c1-22(2,3)15-23(4,5)25-21(27)20-14-26(18-8-6-7-9-19(18)30-20)31(28,29)17-12-10-16(24)11-13-17/h6-13,20H,14-15H2,1-5H3,(H,25,27). The lowest BCUT2D eigenvalue weighted by atomic mass is 9.81. The summed E-state index contributed by atoms with van der Waals surface area (Å²) < 4.78 is 33.9. The van der Waals surface area contributed by atoms with Crippen LogP contribution in [0.15, 0.2) is 53.4 Å². The number of carbonyl (C=O) groups is 1. The molecule has 6 nitrogen and oxygen atoms in total. The van der Waals surface area contributed by atoms with Gasteiger partial charge in [0, 0.05) is 10.6 Å². The number of rotatable bonds is 5. The maximum absolute atomic E-state index is 13.4. The smallest absolute Gasteiger partial charge is 0.264 e. The van der Waals surface area contributed by atoms with Crippen molar-refractivity contribution in [3.05, 3.63) is 53.6 Å². The third kappa shape index (κ3) is 5.52. The van der Waals surface area contributed by atoms with E-state index in [1.807, 2.05) is 13.8 Å². The molecule has 1 aliphatic heterocycles. The van der Waals surface area contributed by atoms with E-state index in [2.05, 4.69) is 26.1 Å². The Bertz CT molecular complexity index is 1060. The van der Waals surface area contributed by atoms with Crippen molar-refractivity contribution >= 4 is 33.2 Å². The summed E-state index contributed by atoms with van der Waals surface area (Å²) in [5.41, 5.74) is -0.0634. The highest BCUT2D eigenvalue weighted by Crippen LogP contribution is 2.37. The van der Waals surface area contributed by atoms with Gasteiger partial charge in [0.25, 0.3) is 15.9 Å². The molecule has 1 amide bonds. The quantitative estimate of drug-likeness (QED) is 0.700. The number of nitrogens with one attached hydrogen (secondary N) is 1. The number of para-hydroxylation sites is 2. The summed E-state index contributed by atoms with van der Waals surface area (Å²) in [6.45, 7) is 10.1. The maximum Gasteiger partial charge on any atom is 0.264 e. The number of benzene rings is 2. The summed E-state index contributed by atoms with van der Waals surface area (Å²) in [6, 6.07) is 12.8. The third-order valence-corrected chi connectivity index (χ3v) is 6.91. The van der Waals surface area contributed by atoms with E-state index in [1.165, 1.54) is 28.6 Å². The second-order valence-electron chi connectivity index (χ2n) is 9.67. The van der Waals surface area contributed by atoms with Crippen LogP contribution in [0.5, 0.6) is 5.75 Å². The largest absolute Gasteiger partial charge is 0.476 e. The molecule has 0 bridgehead atoms. The molecule has 0 fully saturated rings. The molecule has 0 saturated heterocycles. The molecule has 31 heavy (non-hydrogen) atoms. The van der Waals surface area contributed by atoms with Crippen molar-refractivity contribution in [1.29, 1.82) is 0 Å². The Hall–Kier alpha value is -2.25. The number of hydrogen-bond acceptors (Lipinski definition) is 4. The number of hydrogen-bond donors (Lipinski definition) is 1. The van der Waals surface area contributed by atoms with Gasteiger partial charge in [-0.25, -0.2) is 8.42 Å². The minimum absolute atomic E-state index is 0.0146. The maximum atomic E-state index is 13.4. The van der Waals surface area contributed by atoms with Gasteiger partial charge in [-0.15, -0.1) is 0 Å². The lowest BCUT2D eigenvalue weighted by Crippen LogP contribution is -2.55. The molecular weight excluding hydrogens is 436 g/mol. The Balaban J connectivity index is 1.91. The normalized spacial score (nSPS) is 17.0. The fourth-order valence-electron chi connectivity index (χ4n) is 4.08. The lowest BCUT2D eigenvalue weighted by molar-refractivity contribution is -0.129. The molecule has 0 radical (unpaired) electrons. The number of amides is 1. The van der Waals surface area contributed by atoms with Gasteiger partial charge in [-0.3, -0.25) is 9.10 Å². The van der Waals surface area contributed by atoms with E-state index < -0.39 is 21.7 Å². The summed E-state index contributed by atoms with van der Waals surface area (Å²) in [5, 5.41) is 3.47. The summed E-state index contributed by atoms with van der Waals surface area (Å²) >= 11 is 5.92. The predicted octanol–water partition coefficient (Wildman–Crippen LogP) is 4.63. The van der Waals surface area contributed by atoms with Crippen molar-refractivity contribution in [2.45, 2.75) is 57.6 Å². The minimum Gasteiger partial charge on any atom is -0.476 e. The van der Waals surface area contributed by atoms with Gasteiger partial charge >= 0.3 is 0 Å². The first-order valence-corrected chi connectivity index (χ1v) is 12.0. The molecule has 2 aromatic carbocycles. The Labute approximate surface area is 189 Å². The minimum atomic E-state index is -3.92. The van der Waals surface area contributed by atoms with Crippen LogP contribution in [0.3, 0.4) is 0 Å². The molecule has 1 N–H and O–H groups in total. The van der Waals surface area contributed by atoms with Crippen LogP contribution < -0.4 is 14.4 Å². The average Bonchev–Trinajstić information content (AvgIpc) is 2.65. The van der Waals surface area contributed by atoms with E-state index in [-0.39, 0.29) is 22.8 Å². The molecular formula is C23H29ClN2O4S. The van der Waals surface area contributed by atoms with Crippen LogP contribution in [-0.2, 0) is 14.8 Å². The monoisotopic (exact) mass is 464 g/mol. The summed E-state index contributed by atoms with van der Waals surface area (Å²) in [7, 11) is -3.92. The first-order chi connectivity index (χ1) is 14.3. The van der Waals surface area contributed by atoms with Gasteiger partial charge in [0.05, 0.1) is 17.1 Å². The molecule has 0 saturated carbocycles. The van der Waals surface area contributed by atoms with Crippen molar-refractivity contribution in [2.75, 3.05) is 10.8 Å². The molecule has 1 atom stereocenters. The molecule has 0 aliphatic carbocycles. The Morgan fingerprint density at radius 2 is 1.71 bits per heavy atom. The van der Waals surface area contributed by atoms with Crippen LogP contribution in [0, 0.1) is 5.41 Å². The molecule has 1 heterocycles. The molecule has 8 heteroatoms. The Morgan fingerprint density at radius 1 is 1.10 bits per heavy atom. The van der Waals surface area contributed by atoms with Gasteiger partial charge < -0.3 is 10.1 Å². The highest BCUT2D eigenvalue weighted by atomic mass is 35.5. The van der Waals surface area contributed by atoms with Gasteiger partial charge in [-0.05, 0) is 62.1 Å². The number of nitrogens with zero attached hydrogens (tertiary/aromatic N) is 1. The van der Waals surface area contributed by atoms with E-state index in [9.17, 15) is 13.2 Å². The number of carbonyl (C=O) groups excluding carboxylic acids is 1. The highest BCUT2D eigenvalue weighted by Gasteiger charge is 2.39.